The molecule has 4 nitrogen and oxygen atoms in total. The largest absolute Gasteiger partial charge is 0.376 e. The van der Waals surface area contributed by atoms with Gasteiger partial charge < -0.3 is 14.6 Å². The fourth-order valence-corrected chi connectivity index (χ4v) is 2.43. The summed E-state index contributed by atoms with van der Waals surface area (Å²) in [7, 11) is 4.12. The topological polar surface area (TPSA) is 32.6 Å². The number of pyridine rings is 1. The van der Waals surface area contributed by atoms with Gasteiger partial charge in [-0.05, 0) is 31.5 Å². The summed E-state index contributed by atoms with van der Waals surface area (Å²) >= 11 is 0. The number of hydrogen-bond acceptors (Lipinski definition) is 3. The van der Waals surface area contributed by atoms with Crippen LogP contribution in [-0.2, 0) is 0 Å². The zero-order valence-corrected chi connectivity index (χ0v) is 10.3. The van der Waals surface area contributed by atoms with Crippen LogP contribution in [0.2, 0.25) is 0 Å². The monoisotopic (exact) mass is 230 g/mol. The van der Waals surface area contributed by atoms with Crippen molar-refractivity contribution in [3.8, 4) is 0 Å². The zero-order chi connectivity index (χ0) is 11.8. The number of anilines is 1. The summed E-state index contributed by atoms with van der Waals surface area (Å²) in [6, 6.07) is 4.67. The van der Waals surface area contributed by atoms with Crippen molar-refractivity contribution in [2.45, 2.75) is 18.9 Å². The molecule has 1 fully saturated rings. The molecule has 3 heterocycles. The smallest absolute Gasteiger partial charge is 0.130 e. The van der Waals surface area contributed by atoms with E-state index in [1.807, 2.05) is 6.20 Å². The molecule has 17 heavy (non-hydrogen) atoms. The van der Waals surface area contributed by atoms with Gasteiger partial charge in [0.25, 0.3) is 0 Å². The summed E-state index contributed by atoms with van der Waals surface area (Å²) in [5, 5.41) is 3.50. The minimum absolute atomic E-state index is 0.412. The number of rotatable bonds is 2. The Morgan fingerprint density at radius 2 is 2.29 bits per heavy atom. The van der Waals surface area contributed by atoms with Gasteiger partial charge in [0.2, 0.25) is 0 Å². The average molecular weight is 230 g/mol. The second kappa shape index (κ2) is 4.04. The molecule has 4 heteroatoms. The molecule has 1 N–H and O–H groups in total. The van der Waals surface area contributed by atoms with Crippen LogP contribution in [0.5, 0.6) is 0 Å². The molecule has 1 aliphatic heterocycles. The third kappa shape index (κ3) is 1.78. The first-order valence-corrected chi connectivity index (χ1v) is 6.13. The lowest BCUT2D eigenvalue weighted by Crippen LogP contribution is -2.16. The predicted octanol–water partition coefficient (Wildman–Crippen LogP) is 1.82. The number of aromatic nitrogens is 2. The number of fused-ring (bicyclic) bond motifs is 1. The van der Waals surface area contributed by atoms with Gasteiger partial charge in [-0.1, -0.05) is 0 Å². The highest BCUT2D eigenvalue weighted by atomic mass is 15.1. The van der Waals surface area contributed by atoms with Crippen molar-refractivity contribution in [2.75, 3.05) is 25.5 Å². The third-order valence-corrected chi connectivity index (χ3v) is 3.43. The second-order valence-electron chi connectivity index (χ2n) is 4.84. The molecule has 0 radical (unpaired) electrons. The normalized spacial score (nSPS) is 20.0. The van der Waals surface area contributed by atoms with E-state index >= 15 is 0 Å². The number of nitrogens with zero attached hydrogens (tertiary/aromatic N) is 3. The van der Waals surface area contributed by atoms with Crippen molar-refractivity contribution in [1.82, 2.24) is 14.7 Å². The maximum absolute atomic E-state index is 4.56. The van der Waals surface area contributed by atoms with Gasteiger partial charge >= 0.3 is 0 Å². The predicted molar refractivity (Wildman–Crippen MR) is 69.5 cm³/mol. The lowest BCUT2D eigenvalue weighted by atomic mass is 10.2. The van der Waals surface area contributed by atoms with E-state index in [9.17, 15) is 0 Å². The molecule has 0 bridgehead atoms. The average Bonchev–Trinajstić information content (AvgIpc) is 2.96. The summed E-state index contributed by atoms with van der Waals surface area (Å²) in [5.74, 6) is 1.14. The molecule has 2 aromatic rings. The van der Waals surface area contributed by atoms with Gasteiger partial charge in [0.15, 0.2) is 0 Å². The van der Waals surface area contributed by atoms with Crippen LogP contribution in [0.1, 0.15) is 24.7 Å². The molecule has 1 unspecified atom stereocenters. The Bertz CT molecular complexity index is 523. The van der Waals surface area contributed by atoms with Gasteiger partial charge in [-0.15, -0.1) is 0 Å². The third-order valence-electron chi connectivity index (χ3n) is 3.43. The van der Waals surface area contributed by atoms with Crippen molar-refractivity contribution in [3.05, 3.63) is 30.4 Å². The summed E-state index contributed by atoms with van der Waals surface area (Å²) in [6.07, 6.45) is 6.55. The highest BCUT2D eigenvalue weighted by Crippen LogP contribution is 2.24. The molecular formula is C13H18N4. The van der Waals surface area contributed by atoms with E-state index in [4.69, 9.17) is 0 Å². The van der Waals surface area contributed by atoms with Crippen LogP contribution in [-0.4, -0.2) is 30.0 Å². The Morgan fingerprint density at radius 1 is 1.41 bits per heavy atom. The van der Waals surface area contributed by atoms with Crippen molar-refractivity contribution in [3.63, 3.8) is 0 Å². The van der Waals surface area contributed by atoms with Crippen molar-refractivity contribution >= 4 is 11.2 Å². The molecule has 1 atom stereocenters. The SMILES string of the molecule is CN(C)c1ccc2cnc(C3CCCN3)n2c1. The summed E-state index contributed by atoms with van der Waals surface area (Å²) in [4.78, 5) is 6.68. The number of nitrogens with one attached hydrogen (secondary N) is 1. The molecular weight excluding hydrogens is 212 g/mol. The fourth-order valence-electron chi connectivity index (χ4n) is 2.43. The first-order chi connectivity index (χ1) is 8.25. The summed E-state index contributed by atoms with van der Waals surface area (Å²) in [5.41, 5.74) is 2.37. The minimum atomic E-state index is 0.412. The maximum Gasteiger partial charge on any atom is 0.130 e. The van der Waals surface area contributed by atoms with E-state index in [2.05, 4.69) is 52.0 Å². The highest BCUT2D eigenvalue weighted by Gasteiger charge is 2.20. The first kappa shape index (κ1) is 10.6. The van der Waals surface area contributed by atoms with Gasteiger partial charge in [0, 0.05) is 20.3 Å². The molecule has 1 aliphatic rings. The molecule has 0 saturated carbocycles. The van der Waals surface area contributed by atoms with Crippen LogP contribution in [0, 0.1) is 0 Å². The summed E-state index contributed by atoms with van der Waals surface area (Å²) in [6.45, 7) is 1.10. The van der Waals surface area contributed by atoms with Crippen LogP contribution in [0.4, 0.5) is 5.69 Å². The van der Waals surface area contributed by atoms with Crippen molar-refractivity contribution in [2.24, 2.45) is 0 Å². The zero-order valence-electron chi connectivity index (χ0n) is 10.3. The molecule has 0 aliphatic carbocycles. The van der Waals surface area contributed by atoms with Crippen LogP contribution < -0.4 is 10.2 Å². The van der Waals surface area contributed by atoms with Crippen LogP contribution in [0.15, 0.2) is 24.5 Å². The van der Waals surface area contributed by atoms with E-state index < -0.39 is 0 Å². The van der Waals surface area contributed by atoms with Crippen LogP contribution in [0.25, 0.3) is 5.52 Å². The molecule has 0 amide bonds. The van der Waals surface area contributed by atoms with Gasteiger partial charge in [0.05, 0.1) is 23.4 Å². The van der Waals surface area contributed by atoms with Crippen LogP contribution >= 0.6 is 0 Å². The van der Waals surface area contributed by atoms with E-state index in [1.54, 1.807) is 0 Å². The molecule has 1 saturated heterocycles. The van der Waals surface area contributed by atoms with Crippen molar-refractivity contribution in [1.29, 1.82) is 0 Å². The number of hydrogen-bond donors (Lipinski definition) is 1. The van der Waals surface area contributed by atoms with Crippen LogP contribution in [0.3, 0.4) is 0 Å². The minimum Gasteiger partial charge on any atom is -0.376 e. The Kier molecular flexibility index (Phi) is 2.52. The van der Waals surface area contributed by atoms with E-state index in [1.165, 1.54) is 24.0 Å². The van der Waals surface area contributed by atoms with Gasteiger partial charge in [-0.2, -0.15) is 0 Å². The lowest BCUT2D eigenvalue weighted by molar-refractivity contribution is 0.602. The van der Waals surface area contributed by atoms with Gasteiger partial charge in [-0.3, -0.25) is 0 Å². The molecule has 3 rings (SSSR count). The first-order valence-electron chi connectivity index (χ1n) is 6.13. The van der Waals surface area contributed by atoms with E-state index in [0.29, 0.717) is 6.04 Å². The van der Waals surface area contributed by atoms with Gasteiger partial charge in [0.1, 0.15) is 5.82 Å². The van der Waals surface area contributed by atoms with Gasteiger partial charge in [-0.25, -0.2) is 4.98 Å². The quantitative estimate of drug-likeness (QED) is 0.854. The molecule has 0 aromatic carbocycles. The second-order valence-corrected chi connectivity index (χ2v) is 4.84. The number of imidazole rings is 1. The molecule has 0 spiro atoms. The van der Waals surface area contributed by atoms with E-state index in [0.717, 1.165) is 12.4 Å². The Hall–Kier alpha value is -1.55. The van der Waals surface area contributed by atoms with Crippen molar-refractivity contribution < 1.29 is 0 Å². The molecule has 90 valence electrons. The highest BCUT2D eigenvalue weighted by molar-refractivity contribution is 5.54. The fraction of sp³-hybridized carbons (Fsp3) is 0.462. The maximum atomic E-state index is 4.56. The van der Waals surface area contributed by atoms with E-state index in [-0.39, 0.29) is 0 Å². The summed E-state index contributed by atoms with van der Waals surface area (Å²) < 4.78 is 2.21. The Balaban J connectivity index is 2.08. The Labute approximate surface area is 101 Å². The molecule has 2 aromatic heterocycles. The standard InChI is InChI=1S/C13H18N4/c1-16(2)11-6-5-10-8-15-13(17(10)9-11)12-4-3-7-14-12/h5-6,8-9,12,14H,3-4,7H2,1-2H3. The Morgan fingerprint density at radius 3 is 3.00 bits per heavy atom. The lowest BCUT2D eigenvalue weighted by Gasteiger charge is -2.14.